The molecular weight excluding hydrogens is 373 g/mol. The molecule has 28 heavy (non-hydrogen) atoms. The van der Waals surface area contributed by atoms with Gasteiger partial charge in [0.05, 0.1) is 12.2 Å². The van der Waals surface area contributed by atoms with Crippen LogP contribution < -0.4 is 9.64 Å². The van der Waals surface area contributed by atoms with Gasteiger partial charge in [-0.2, -0.15) is 5.10 Å². The molecule has 4 rings (SSSR count). The summed E-state index contributed by atoms with van der Waals surface area (Å²) in [6, 6.07) is 7.26. The van der Waals surface area contributed by atoms with Crippen LogP contribution in [0.2, 0.25) is 0 Å². The van der Waals surface area contributed by atoms with Crippen LogP contribution in [0.4, 0.5) is 18.9 Å². The number of aromatic nitrogens is 3. The first kappa shape index (κ1) is 18.0. The predicted molar refractivity (Wildman–Crippen MR) is 93.5 cm³/mol. The van der Waals surface area contributed by atoms with Crippen molar-refractivity contribution in [2.75, 3.05) is 11.4 Å². The fourth-order valence-electron chi connectivity index (χ4n) is 3.11. The number of rotatable bonds is 4. The normalized spacial score (nSPS) is 16.2. The first-order valence-corrected chi connectivity index (χ1v) is 8.52. The highest BCUT2D eigenvalue weighted by Gasteiger charge is 2.34. The van der Waals surface area contributed by atoms with E-state index in [9.17, 15) is 18.0 Å². The van der Waals surface area contributed by atoms with E-state index in [1.807, 2.05) is 0 Å². The summed E-state index contributed by atoms with van der Waals surface area (Å²) in [4.78, 5) is 17.7. The minimum absolute atomic E-state index is 0.00664. The van der Waals surface area contributed by atoms with E-state index < -0.39 is 23.4 Å². The lowest BCUT2D eigenvalue weighted by atomic mass is 10.1. The van der Waals surface area contributed by atoms with Gasteiger partial charge >= 0.3 is 0 Å². The predicted octanol–water partition coefficient (Wildman–Crippen LogP) is 3.50. The van der Waals surface area contributed by atoms with E-state index in [4.69, 9.17) is 4.74 Å². The standard InChI is InChI=1S/C19H15F3N4O2/c1-11-9-25(18-14(21)3-2-4-15(18)22)19(27)16-7-13(24-26(11)16)10-28-17-6-5-12(20)8-23-17/h2-8,11H,9-10H2,1H3/t11-/m1/s1. The van der Waals surface area contributed by atoms with Gasteiger partial charge in [-0.25, -0.2) is 18.2 Å². The van der Waals surface area contributed by atoms with Crippen molar-refractivity contribution in [1.82, 2.24) is 14.8 Å². The van der Waals surface area contributed by atoms with Crippen molar-refractivity contribution in [2.45, 2.75) is 19.6 Å². The smallest absolute Gasteiger partial charge is 0.276 e. The van der Waals surface area contributed by atoms with Crippen molar-refractivity contribution in [3.63, 3.8) is 0 Å². The van der Waals surface area contributed by atoms with Gasteiger partial charge in [-0.1, -0.05) is 6.07 Å². The highest BCUT2D eigenvalue weighted by Crippen LogP contribution is 2.30. The Balaban J connectivity index is 1.59. The van der Waals surface area contributed by atoms with Crippen LogP contribution in [0.3, 0.4) is 0 Å². The number of benzene rings is 1. The number of carbonyl (C=O) groups is 1. The number of carbonyl (C=O) groups excluding carboxylic acids is 1. The Bertz CT molecular complexity index is 1020. The van der Waals surface area contributed by atoms with Gasteiger partial charge in [0.25, 0.3) is 5.91 Å². The van der Waals surface area contributed by atoms with Crippen LogP contribution in [0.1, 0.15) is 29.1 Å². The van der Waals surface area contributed by atoms with Gasteiger partial charge in [0, 0.05) is 12.6 Å². The third-order valence-corrected chi connectivity index (χ3v) is 4.39. The van der Waals surface area contributed by atoms with Crippen molar-refractivity contribution in [2.24, 2.45) is 0 Å². The van der Waals surface area contributed by atoms with Crippen LogP contribution in [0.5, 0.6) is 5.88 Å². The summed E-state index contributed by atoms with van der Waals surface area (Å²) in [7, 11) is 0. The Labute approximate surface area is 158 Å². The Morgan fingerprint density at radius 3 is 2.61 bits per heavy atom. The fraction of sp³-hybridized carbons (Fsp3) is 0.211. The van der Waals surface area contributed by atoms with Crippen LogP contribution in [-0.4, -0.2) is 27.2 Å². The van der Waals surface area contributed by atoms with Crippen LogP contribution in [-0.2, 0) is 6.61 Å². The average Bonchev–Trinajstić information content (AvgIpc) is 3.10. The number of pyridine rings is 1. The van der Waals surface area contributed by atoms with Gasteiger partial charge < -0.3 is 4.74 Å². The molecule has 0 aliphatic carbocycles. The van der Waals surface area contributed by atoms with E-state index in [2.05, 4.69) is 10.1 Å². The molecule has 0 unspecified atom stereocenters. The van der Waals surface area contributed by atoms with Crippen LogP contribution in [0.15, 0.2) is 42.6 Å². The van der Waals surface area contributed by atoms with Crippen molar-refractivity contribution in [1.29, 1.82) is 0 Å². The third-order valence-electron chi connectivity index (χ3n) is 4.39. The first-order valence-electron chi connectivity index (χ1n) is 8.52. The minimum atomic E-state index is -0.806. The maximum Gasteiger partial charge on any atom is 0.276 e. The average molecular weight is 388 g/mol. The lowest BCUT2D eigenvalue weighted by Gasteiger charge is -2.32. The van der Waals surface area contributed by atoms with Gasteiger partial charge in [0.15, 0.2) is 0 Å². The summed E-state index contributed by atoms with van der Waals surface area (Å²) in [5, 5.41) is 4.34. The molecular formula is C19H15F3N4O2. The molecule has 0 saturated heterocycles. The second-order valence-electron chi connectivity index (χ2n) is 6.40. The molecule has 144 valence electrons. The topological polar surface area (TPSA) is 60.3 Å². The summed E-state index contributed by atoms with van der Waals surface area (Å²) in [5.41, 5.74) is 0.268. The molecule has 6 nitrogen and oxygen atoms in total. The summed E-state index contributed by atoms with van der Waals surface area (Å²) in [6.07, 6.45) is 1.03. The van der Waals surface area contributed by atoms with Crippen molar-refractivity contribution >= 4 is 11.6 Å². The van der Waals surface area contributed by atoms with Gasteiger partial charge in [-0.15, -0.1) is 0 Å². The summed E-state index contributed by atoms with van der Waals surface area (Å²) in [5.74, 6) is -2.44. The number of amides is 1. The third kappa shape index (κ3) is 3.19. The molecule has 1 aliphatic rings. The second kappa shape index (κ2) is 6.99. The molecule has 1 atom stereocenters. The molecule has 1 aliphatic heterocycles. The highest BCUT2D eigenvalue weighted by molar-refractivity contribution is 6.06. The number of para-hydroxylation sites is 1. The van der Waals surface area contributed by atoms with Crippen LogP contribution in [0.25, 0.3) is 0 Å². The maximum atomic E-state index is 14.1. The quantitative estimate of drug-likeness (QED) is 0.687. The number of anilines is 1. The summed E-state index contributed by atoms with van der Waals surface area (Å²) >= 11 is 0. The van der Waals surface area contributed by atoms with E-state index >= 15 is 0 Å². The molecule has 0 bridgehead atoms. The number of nitrogens with zero attached hydrogens (tertiary/aromatic N) is 4. The van der Waals surface area contributed by atoms with Crippen molar-refractivity contribution in [3.8, 4) is 5.88 Å². The number of ether oxygens (including phenoxy) is 1. The number of hydrogen-bond donors (Lipinski definition) is 0. The Hall–Kier alpha value is -3.36. The summed E-state index contributed by atoms with van der Waals surface area (Å²) < 4.78 is 48.1. The van der Waals surface area contributed by atoms with E-state index in [-0.39, 0.29) is 36.5 Å². The fourth-order valence-corrected chi connectivity index (χ4v) is 3.11. The molecule has 2 aromatic heterocycles. The zero-order valence-electron chi connectivity index (χ0n) is 14.8. The number of hydrogen-bond acceptors (Lipinski definition) is 4. The first-order chi connectivity index (χ1) is 13.4. The molecule has 0 fully saturated rings. The minimum Gasteiger partial charge on any atom is -0.471 e. The van der Waals surface area contributed by atoms with Crippen LogP contribution >= 0.6 is 0 Å². The lowest BCUT2D eigenvalue weighted by Crippen LogP contribution is -2.43. The molecule has 3 aromatic rings. The van der Waals surface area contributed by atoms with E-state index in [0.717, 1.165) is 23.2 Å². The van der Waals surface area contributed by atoms with E-state index in [0.29, 0.717) is 5.69 Å². The SMILES string of the molecule is C[C@@H]1CN(c2c(F)cccc2F)C(=O)c2cc(COc3ccc(F)cn3)nn21. The van der Waals surface area contributed by atoms with Crippen molar-refractivity contribution in [3.05, 3.63) is 71.4 Å². The molecule has 1 amide bonds. The lowest BCUT2D eigenvalue weighted by molar-refractivity contribution is 0.0951. The molecule has 3 heterocycles. The Kier molecular flexibility index (Phi) is 4.50. The van der Waals surface area contributed by atoms with Crippen LogP contribution in [0, 0.1) is 17.5 Å². The van der Waals surface area contributed by atoms with E-state index in [1.165, 1.54) is 28.9 Å². The monoisotopic (exact) mass is 388 g/mol. The zero-order chi connectivity index (χ0) is 19.8. The molecule has 0 radical (unpaired) electrons. The number of fused-ring (bicyclic) bond motifs is 1. The Morgan fingerprint density at radius 1 is 1.18 bits per heavy atom. The largest absolute Gasteiger partial charge is 0.471 e. The van der Waals surface area contributed by atoms with Gasteiger partial charge in [-0.3, -0.25) is 14.4 Å². The van der Waals surface area contributed by atoms with Gasteiger partial charge in [0.2, 0.25) is 5.88 Å². The molecule has 0 N–H and O–H groups in total. The Morgan fingerprint density at radius 2 is 1.93 bits per heavy atom. The van der Waals surface area contributed by atoms with Gasteiger partial charge in [0.1, 0.15) is 41.1 Å². The molecule has 1 aromatic carbocycles. The maximum absolute atomic E-state index is 14.1. The zero-order valence-corrected chi connectivity index (χ0v) is 14.8. The summed E-state index contributed by atoms with van der Waals surface area (Å²) in [6.45, 7) is 1.87. The number of halogens is 3. The molecule has 0 spiro atoms. The van der Waals surface area contributed by atoms with E-state index in [1.54, 1.807) is 6.92 Å². The highest BCUT2D eigenvalue weighted by atomic mass is 19.1. The van der Waals surface area contributed by atoms with Gasteiger partial charge in [-0.05, 0) is 31.2 Å². The van der Waals surface area contributed by atoms with Crippen molar-refractivity contribution < 1.29 is 22.7 Å². The molecule has 9 heteroatoms. The second-order valence-corrected chi connectivity index (χ2v) is 6.40. The molecule has 0 saturated carbocycles.